The highest BCUT2D eigenvalue weighted by molar-refractivity contribution is 7.92. The van der Waals surface area contributed by atoms with Gasteiger partial charge in [-0.1, -0.05) is 0 Å². The van der Waals surface area contributed by atoms with E-state index in [2.05, 4.69) is 9.82 Å². The van der Waals surface area contributed by atoms with Crippen LogP contribution in [0.4, 0.5) is 5.82 Å². The van der Waals surface area contributed by atoms with Crippen molar-refractivity contribution in [2.75, 3.05) is 17.5 Å². The highest BCUT2D eigenvalue weighted by Gasteiger charge is 2.06. The number of rotatable bonds is 4. The van der Waals surface area contributed by atoms with Gasteiger partial charge in [0, 0.05) is 12.6 Å². The number of nitrogens with one attached hydrogen (secondary N) is 1. The Morgan fingerprint density at radius 3 is 2.92 bits per heavy atom. The Hall–Kier alpha value is -1.08. The van der Waals surface area contributed by atoms with Crippen LogP contribution in [0.1, 0.15) is 0 Å². The lowest BCUT2D eigenvalue weighted by atomic mass is 10.6. The molecule has 0 aliphatic heterocycles. The highest BCUT2D eigenvalue weighted by atomic mass is 32.2. The molecule has 0 radical (unpaired) electrons. The molecule has 6 nitrogen and oxygen atoms in total. The molecule has 0 spiro atoms. The molecule has 0 saturated heterocycles. The first-order valence-corrected chi connectivity index (χ1v) is 5.62. The number of sulfonamides is 1. The van der Waals surface area contributed by atoms with Gasteiger partial charge < -0.3 is 5.73 Å². The maximum absolute atomic E-state index is 10.9. The highest BCUT2D eigenvalue weighted by Crippen LogP contribution is 2.06. The second-order valence-electron chi connectivity index (χ2n) is 2.60. The number of nitrogens with zero attached hydrogens (tertiary/aromatic N) is 2. The first kappa shape index (κ1) is 10.0. The number of hydrogen-bond donors (Lipinski definition) is 2. The maximum atomic E-state index is 10.9. The summed E-state index contributed by atoms with van der Waals surface area (Å²) in [5, 5.41) is 3.90. The van der Waals surface area contributed by atoms with Crippen molar-refractivity contribution in [3.63, 3.8) is 0 Å². The molecule has 1 rings (SSSR count). The van der Waals surface area contributed by atoms with Crippen LogP contribution in [-0.2, 0) is 16.6 Å². The summed E-state index contributed by atoms with van der Waals surface area (Å²) < 4.78 is 25.6. The summed E-state index contributed by atoms with van der Waals surface area (Å²) in [5.74, 6) is 0.438. The van der Waals surface area contributed by atoms with E-state index in [9.17, 15) is 8.42 Å². The minimum atomic E-state index is -3.24. The third-order valence-electron chi connectivity index (χ3n) is 1.35. The van der Waals surface area contributed by atoms with Gasteiger partial charge in [-0.05, 0) is 0 Å². The lowest BCUT2D eigenvalue weighted by Crippen LogP contribution is -2.17. The molecule has 74 valence electrons. The Balaban J connectivity index is 2.82. The van der Waals surface area contributed by atoms with Crippen LogP contribution in [0, 0.1) is 0 Å². The minimum absolute atomic E-state index is 0.417. The predicted molar refractivity (Wildman–Crippen MR) is 49.7 cm³/mol. The van der Waals surface area contributed by atoms with Crippen LogP contribution in [0.2, 0.25) is 0 Å². The molecule has 1 aromatic rings. The molecular weight excluding hydrogens is 192 g/mol. The summed E-state index contributed by atoms with van der Waals surface area (Å²) in [7, 11) is -3.24. The molecule has 13 heavy (non-hydrogen) atoms. The first-order chi connectivity index (χ1) is 6.03. The molecule has 0 atom stereocenters. The molecule has 0 unspecified atom stereocenters. The molecule has 0 aliphatic carbocycles. The lowest BCUT2D eigenvalue weighted by Gasteiger charge is -2.06. The summed E-state index contributed by atoms with van der Waals surface area (Å²) in [4.78, 5) is 0. The summed E-state index contributed by atoms with van der Waals surface area (Å²) in [6.45, 7) is 0.908. The largest absolute Gasteiger partial charge is 0.329 e. The third kappa shape index (κ3) is 3.03. The van der Waals surface area contributed by atoms with E-state index in [4.69, 9.17) is 5.73 Å². The average molecular weight is 204 g/mol. The van der Waals surface area contributed by atoms with Crippen molar-refractivity contribution in [2.45, 2.75) is 6.54 Å². The van der Waals surface area contributed by atoms with Gasteiger partial charge in [-0.25, -0.2) is 13.1 Å². The number of nitrogens with two attached hydrogens (primary N) is 1. The van der Waals surface area contributed by atoms with Crippen molar-refractivity contribution < 1.29 is 8.42 Å². The van der Waals surface area contributed by atoms with Crippen molar-refractivity contribution in [3.8, 4) is 0 Å². The summed E-state index contributed by atoms with van der Waals surface area (Å²) in [6, 6.07) is 1.58. The van der Waals surface area contributed by atoms with E-state index in [1.54, 1.807) is 6.07 Å². The quantitative estimate of drug-likeness (QED) is 0.672. The fourth-order valence-corrected chi connectivity index (χ4v) is 1.46. The second-order valence-corrected chi connectivity index (χ2v) is 4.35. The van der Waals surface area contributed by atoms with Gasteiger partial charge in [-0.2, -0.15) is 5.10 Å². The normalized spacial score (nSPS) is 11.5. The molecule has 1 aromatic heterocycles. The second kappa shape index (κ2) is 3.75. The fourth-order valence-electron chi connectivity index (χ4n) is 0.910. The Kier molecular flexibility index (Phi) is 2.89. The first-order valence-electron chi connectivity index (χ1n) is 3.72. The van der Waals surface area contributed by atoms with Gasteiger partial charge >= 0.3 is 0 Å². The Labute approximate surface area is 76.8 Å². The fraction of sp³-hybridized carbons (Fsp3) is 0.500. The number of anilines is 1. The van der Waals surface area contributed by atoms with Gasteiger partial charge in [0.2, 0.25) is 10.0 Å². The maximum Gasteiger partial charge on any atom is 0.230 e. The van der Waals surface area contributed by atoms with Crippen molar-refractivity contribution in [1.29, 1.82) is 0 Å². The lowest BCUT2D eigenvalue weighted by molar-refractivity contribution is 0.602. The van der Waals surface area contributed by atoms with E-state index in [-0.39, 0.29) is 0 Å². The van der Waals surface area contributed by atoms with Gasteiger partial charge in [-0.15, -0.1) is 0 Å². The third-order valence-corrected chi connectivity index (χ3v) is 1.93. The molecule has 0 amide bonds. The van der Waals surface area contributed by atoms with Gasteiger partial charge in [0.1, 0.15) is 5.82 Å². The van der Waals surface area contributed by atoms with E-state index in [1.165, 1.54) is 10.9 Å². The van der Waals surface area contributed by atoms with Crippen molar-refractivity contribution in [3.05, 3.63) is 12.3 Å². The predicted octanol–water partition coefficient (Wildman–Crippen LogP) is -0.787. The molecule has 3 N–H and O–H groups in total. The molecule has 0 aromatic carbocycles. The standard InChI is InChI=1S/C6H12N4O2S/c1-13(11,12)9-6-2-4-8-10(6)5-3-7/h2,4,9H,3,5,7H2,1H3. The molecule has 1 heterocycles. The minimum Gasteiger partial charge on any atom is -0.329 e. The zero-order valence-corrected chi connectivity index (χ0v) is 8.08. The van der Waals surface area contributed by atoms with E-state index in [0.29, 0.717) is 18.9 Å². The SMILES string of the molecule is CS(=O)(=O)Nc1ccnn1CCN. The molecule has 0 fully saturated rings. The number of aromatic nitrogens is 2. The van der Waals surface area contributed by atoms with Crippen LogP contribution < -0.4 is 10.5 Å². The zero-order valence-electron chi connectivity index (χ0n) is 7.27. The van der Waals surface area contributed by atoms with Crippen LogP contribution in [0.25, 0.3) is 0 Å². The van der Waals surface area contributed by atoms with Crippen molar-refractivity contribution in [2.24, 2.45) is 5.73 Å². The van der Waals surface area contributed by atoms with E-state index in [1.807, 2.05) is 0 Å². The Morgan fingerprint density at radius 1 is 1.69 bits per heavy atom. The Bertz CT molecular complexity index is 370. The molecule has 0 bridgehead atoms. The topological polar surface area (TPSA) is 90.0 Å². The van der Waals surface area contributed by atoms with E-state index >= 15 is 0 Å². The molecular formula is C6H12N4O2S. The smallest absolute Gasteiger partial charge is 0.230 e. The van der Waals surface area contributed by atoms with Crippen molar-refractivity contribution >= 4 is 15.8 Å². The van der Waals surface area contributed by atoms with Gasteiger partial charge in [0.05, 0.1) is 19.0 Å². The van der Waals surface area contributed by atoms with Gasteiger partial charge in [0.25, 0.3) is 0 Å². The summed E-state index contributed by atoms with van der Waals surface area (Å²) in [6.07, 6.45) is 2.61. The molecule has 0 aliphatic rings. The monoisotopic (exact) mass is 204 g/mol. The number of hydrogen-bond acceptors (Lipinski definition) is 4. The van der Waals surface area contributed by atoms with Crippen LogP contribution in [0.3, 0.4) is 0 Å². The van der Waals surface area contributed by atoms with Gasteiger partial charge in [-0.3, -0.25) is 4.72 Å². The Morgan fingerprint density at radius 2 is 2.38 bits per heavy atom. The summed E-state index contributed by atoms with van der Waals surface area (Å²) in [5.41, 5.74) is 5.31. The van der Waals surface area contributed by atoms with Crippen LogP contribution in [0.5, 0.6) is 0 Å². The summed E-state index contributed by atoms with van der Waals surface area (Å²) >= 11 is 0. The van der Waals surface area contributed by atoms with Crippen LogP contribution >= 0.6 is 0 Å². The van der Waals surface area contributed by atoms with Crippen LogP contribution in [0.15, 0.2) is 12.3 Å². The van der Waals surface area contributed by atoms with Gasteiger partial charge in [0.15, 0.2) is 0 Å². The molecule has 7 heteroatoms. The average Bonchev–Trinajstić information content (AvgIpc) is 2.34. The zero-order chi connectivity index (χ0) is 9.90. The van der Waals surface area contributed by atoms with Crippen molar-refractivity contribution in [1.82, 2.24) is 9.78 Å². The molecule has 0 saturated carbocycles. The van der Waals surface area contributed by atoms with Crippen LogP contribution in [-0.4, -0.2) is 31.0 Å². The van der Waals surface area contributed by atoms with E-state index in [0.717, 1.165) is 6.26 Å². The van der Waals surface area contributed by atoms with E-state index < -0.39 is 10.0 Å².